The largest absolute Gasteiger partial charge is 0.352 e. The Kier molecular flexibility index (Phi) is 5.46. The average Bonchev–Trinajstić information content (AvgIpc) is 2.83. The van der Waals surface area contributed by atoms with Crippen molar-refractivity contribution in [2.75, 3.05) is 0 Å². The van der Waals surface area contributed by atoms with Crippen LogP contribution in [0.25, 0.3) is 21.8 Å². The lowest BCUT2D eigenvalue weighted by molar-refractivity contribution is -0.122. The summed E-state index contributed by atoms with van der Waals surface area (Å²) in [5, 5.41) is 9.30. The number of carbonyl (C=O) groups is 1. The number of nitrogens with one attached hydrogen (secondary N) is 1. The van der Waals surface area contributed by atoms with Crippen molar-refractivity contribution in [3.05, 3.63) is 40.8 Å². The molecule has 0 saturated heterocycles. The summed E-state index contributed by atoms with van der Waals surface area (Å²) >= 11 is 0. The van der Waals surface area contributed by atoms with Gasteiger partial charge in [0.25, 0.3) is 5.56 Å². The van der Waals surface area contributed by atoms with E-state index in [0.717, 1.165) is 54.9 Å². The maximum atomic E-state index is 13.2. The van der Waals surface area contributed by atoms with Gasteiger partial charge in [-0.3, -0.25) is 9.59 Å². The van der Waals surface area contributed by atoms with Gasteiger partial charge in [0.15, 0.2) is 0 Å². The minimum atomic E-state index is -0.196. The number of amides is 1. The van der Waals surface area contributed by atoms with Crippen LogP contribution in [0.1, 0.15) is 51.9 Å². The molecule has 3 aromatic rings. The van der Waals surface area contributed by atoms with E-state index in [1.165, 1.54) is 17.5 Å². The van der Waals surface area contributed by atoms with E-state index in [0.29, 0.717) is 5.52 Å². The Bertz CT molecular complexity index is 1040. The summed E-state index contributed by atoms with van der Waals surface area (Å²) in [5.41, 5.74) is 1.48. The second kappa shape index (κ2) is 8.17. The van der Waals surface area contributed by atoms with Crippen LogP contribution >= 0.6 is 0 Å². The van der Waals surface area contributed by atoms with Crippen molar-refractivity contribution < 1.29 is 4.79 Å². The van der Waals surface area contributed by atoms with Crippen LogP contribution < -0.4 is 10.9 Å². The Morgan fingerprint density at radius 3 is 2.64 bits per heavy atom. The van der Waals surface area contributed by atoms with Gasteiger partial charge in [-0.25, -0.2) is 4.68 Å². The summed E-state index contributed by atoms with van der Waals surface area (Å²) in [6.07, 6.45) is 9.51. The fourth-order valence-corrected chi connectivity index (χ4v) is 4.40. The smallest absolute Gasteiger partial charge is 0.291 e. The second-order valence-electron chi connectivity index (χ2n) is 7.79. The van der Waals surface area contributed by atoms with Crippen molar-refractivity contribution in [2.45, 2.75) is 71.0 Å². The predicted octanol–water partition coefficient (Wildman–Crippen LogP) is 3.60. The summed E-state index contributed by atoms with van der Waals surface area (Å²) in [6.45, 7) is 2.83. The third-order valence-electron chi connectivity index (χ3n) is 5.73. The molecule has 0 atom stereocenters. The first-order chi connectivity index (χ1) is 13.7. The van der Waals surface area contributed by atoms with Crippen LogP contribution in [0.4, 0.5) is 0 Å². The van der Waals surface area contributed by atoms with E-state index in [-0.39, 0.29) is 24.1 Å². The molecule has 1 amide bonds. The lowest BCUT2D eigenvalue weighted by atomic mass is 10.1. The summed E-state index contributed by atoms with van der Waals surface area (Å²) < 4.78 is 3.37. The lowest BCUT2D eigenvalue weighted by Gasteiger charge is -2.16. The average molecular weight is 380 g/mol. The van der Waals surface area contributed by atoms with E-state index in [1.54, 1.807) is 6.20 Å². The monoisotopic (exact) mass is 380 g/mol. The molecule has 0 spiro atoms. The molecule has 0 aliphatic heterocycles. The van der Waals surface area contributed by atoms with E-state index < -0.39 is 0 Å². The van der Waals surface area contributed by atoms with E-state index in [1.807, 2.05) is 24.3 Å². The molecule has 1 aromatic carbocycles. The summed E-state index contributed by atoms with van der Waals surface area (Å²) in [7, 11) is 0. The number of carbonyl (C=O) groups excluding carboxylic acids is 1. The van der Waals surface area contributed by atoms with Crippen molar-refractivity contribution >= 4 is 27.7 Å². The van der Waals surface area contributed by atoms with Gasteiger partial charge in [-0.05, 0) is 25.3 Å². The molecule has 2 heterocycles. The van der Waals surface area contributed by atoms with Crippen LogP contribution in [-0.2, 0) is 17.9 Å². The zero-order valence-electron chi connectivity index (χ0n) is 16.5. The van der Waals surface area contributed by atoms with Gasteiger partial charge >= 0.3 is 0 Å². The van der Waals surface area contributed by atoms with Crippen LogP contribution in [0.5, 0.6) is 0 Å². The standard InChI is InChI=1S/C22H28N4O2/c1-2-13-25-19-12-8-7-11-17(19)18-14-23-26(22(28)21(18)25)15-20(27)24-16-9-5-3-4-6-10-16/h7-8,11-12,14,16H,2-6,9-10,13,15H2,1H3,(H,24,27). The van der Waals surface area contributed by atoms with E-state index >= 15 is 0 Å². The number of aryl methyl sites for hydroxylation is 1. The highest BCUT2D eigenvalue weighted by molar-refractivity contribution is 6.07. The highest BCUT2D eigenvalue weighted by atomic mass is 16.2. The fraction of sp³-hybridized carbons (Fsp3) is 0.500. The molecule has 6 heteroatoms. The Morgan fingerprint density at radius 1 is 1.14 bits per heavy atom. The molecule has 28 heavy (non-hydrogen) atoms. The predicted molar refractivity (Wildman–Crippen MR) is 111 cm³/mol. The normalized spacial score (nSPS) is 15.8. The van der Waals surface area contributed by atoms with Gasteiger partial charge < -0.3 is 9.88 Å². The molecule has 2 aromatic heterocycles. The third kappa shape index (κ3) is 3.55. The number of hydrogen-bond donors (Lipinski definition) is 1. The van der Waals surface area contributed by atoms with Crippen LogP contribution in [-0.4, -0.2) is 26.3 Å². The maximum absolute atomic E-state index is 13.2. The molecule has 4 rings (SSSR count). The SMILES string of the molecule is CCCn1c2ccccc2c2cnn(CC(=O)NC3CCCCCC3)c(=O)c21. The van der Waals surface area contributed by atoms with Gasteiger partial charge in [-0.1, -0.05) is 50.8 Å². The Balaban J connectivity index is 1.65. The zero-order valence-corrected chi connectivity index (χ0v) is 16.5. The highest BCUT2D eigenvalue weighted by Gasteiger charge is 2.18. The Labute approximate surface area is 164 Å². The molecule has 1 N–H and O–H groups in total. The van der Waals surface area contributed by atoms with Gasteiger partial charge in [-0.15, -0.1) is 0 Å². The van der Waals surface area contributed by atoms with Crippen molar-refractivity contribution in [1.82, 2.24) is 19.7 Å². The molecule has 1 saturated carbocycles. The quantitative estimate of drug-likeness (QED) is 0.688. The molecular formula is C22H28N4O2. The Morgan fingerprint density at radius 2 is 1.89 bits per heavy atom. The van der Waals surface area contributed by atoms with Crippen LogP contribution in [0.3, 0.4) is 0 Å². The number of aromatic nitrogens is 3. The number of benzene rings is 1. The molecule has 1 aliphatic carbocycles. The second-order valence-corrected chi connectivity index (χ2v) is 7.79. The minimum absolute atomic E-state index is 0.0288. The van der Waals surface area contributed by atoms with Gasteiger partial charge in [0.2, 0.25) is 5.91 Å². The van der Waals surface area contributed by atoms with E-state index in [4.69, 9.17) is 0 Å². The Hall–Kier alpha value is -2.63. The first-order valence-electron chi connectivity index (χ1n) is 10.5. The third-order valence-corrected chi connectivity index (χ3v) is 5.73. The molecule has 0 radical (unpaired) electrons. The molecular weight excluding hydrogens is 352 g/mol. The van der Waals surface area contributed by atoms with E-state index in [9.17, 15) is 9.59 Å². The summed E-state index contributed by atoms with van der Waals surface area (Å²) in [6, 6.07) is 8.24. The number of fused-ring (bicyclic) bond motifs is 3. The number of para-hydroxylation sites is 1. The van der Waals surface area contributed by atoms with Crippen LogP contribution in [0.2, 0.25) is 0 Å². The highest BCUT2D eigenvalue weighted by Crippen LogP contribution is 2.26. The van der Waals surface area contributed by atoms with Gasteiger partial charge in [0.1, 0.15) is 12.1 Å². The molecule has 1 aliphatic rings. The van der Waals surface area contributed by atoms with Crippen molar-refractivity contribution in [2.24, 2.45) is 0 Å². The number of rotatable bonds is 5. The summed E-state index contributed by atoms with van der Waals surface area (Å²) in [5.74, 6) is -0.126. The first-order valence-corrected chi connectivity index (χ1v) is 10.5. The number of hydrogen-bond acceptors (Lipinski definition) is 3. The van der Waals surface area contributed by atoms with E-state index in [2.05, 4.69) is 21.9 Å². The fourth-order valence-electron chi connectivity index (χ4n) is 4.40. The van der Waals surface area contributed by atoms with Gasteiger partial charge in [0, 0.05) is 28.9 Å². The molecule has 148 valence electrons. The lowest BCUT2D eigenvalue weighted by Crippen LogP contribution is -2.39. The first kappa shape index (κ1) is 18.7. The maximum Gasteiger partial charge on any atom is 0.291 e. The van der Waals surface area contributed by atoms with Crippen molar-refractivity contribution in [3.8, 4) is 0 Å². The van der Waals surface area contributed by atoms with Crippen molar-refractivity contribution in [1.29, 1.82) is 0 Å². The topological polar surface area (TPSA) is 68.9 Å². The van der Waals surface area contributed by atoms with Crippen LogP contribution in [0.15, 0.2) is 35.3 Å². The van der Waals surface area contributed by atoms with Gasteiger partial charge in [-0.2, -0.15) is 5.10 Å². The van der Waals surface area contributed by atoms with Crippen molar-refractivity contribution in [3.63, 3.8) is 0 Å². The minimum Gasteiger partial charge on any atom is -0.352 e. The van der Waals surface area contributed by atoms with Gasteiger partial charge in [0.05, 0.1) is 6.20 Å². The molecule has 1 fully saturated rings. The summed E-state index contributed by atoms with van der Waals surface area (Å²) in [4.78, 5) is 25.7. The molecule has 0 unspecified atom stereocenters. The molecule has 6 nitrogen and oxygen atoms in total. The molecule has 0 bridgehead atoms. The number of nitrogens with zero attached hydrogens (tertiary/aromatic N) is 3. The zero-order chi connectivity index (χ0) is 19.5. The van der Waals surface area contributed by atoms with Crippen LogP contribution in [0, 0.1) is 0 Å².